The zero-order valence-electron chi connectivity index (χ0n) is 13.2. The van der Waals surface area contributed by atoms with Crippen LogP contribution in [-0.4, -0.2) is 32.8 Å². The fraction of sp³-hybridized carbons (Fsp3) is 0.562. The van der Waals surface area contributed by atoms with Crippen LogP contribution in [0.5, 0.6) is 11.5 Å². The summed E-state index contributed by atoms with van der Waals surface area (Å²) in [5.74, 6) is 0.810. The highest BCUT2D eigenvalue weighted by atomic mass is 16.5. The molecule has 21 heavy (non-hydrogen) atoms. The van der Waals surface area contributed by atoms with Crippen molar-refractivity contribution in [3.8, 4) is 11.5 Å². The molecule has 0 unspecified atom stereocenters. The second kappa shape index (κ2) is 8.52. The van der Waals surface area contributed by atoms with Gasteiger partial charge in [0.15, 0.2) is 11.5 Å². The molecule has 0 bridgehead atoms. The normalized spacial score (nSPS) is 13.4. The Morgan fingerprint density at radius 1 is 1.19 bits per heavy atom. The lowest BCUT2D eigenvalue weighted by molar-refractivity contribution is -0.148. The van der Waals surface area contributed by atoms with Crippen LogP contribution in [0, 0.1) is 5.92 Å². The number of methoxy groups -OCH3 is 2. The minimum absolute atomic E-state index is 0.229. The van der Waals surface area contributed by atoms with Crippen LogP contribution in [0.25, 0.3) is 0 Å². The first-order valence-corrected chi connectivity index (χ1v) is 7.20. The third-order valence-corrected chi connectivity index (χ3v) is 3.47. The van der Waals surface area contributed by atoms with Crippen LogP contribution in [0.2, 0.25) is 0 Å². The van der Waals surface area contributed by atoms with Crippen LogP contribution in [-0.2, 0) is 16.0 Å². The molecule has 0 aliphatic rings. The molecule has 0 fully saturated rings. The molecular formula is C16H25NO4. The van der Waals surface area contributed by atoms with Crippen LogP contribution in [0.1, 0.15) is 25.8 Å². The molecular weight excluding hydrogens is 270 g/mol. The Morgan fingerprint density at radius 3 is 2.38 bits per heavy atom. The second-order valence-electron chi connectivity index (χ2n) is 4.82. The van der Waals surface area contributed by atoms with E-state index in [0.717, 1.165) is 5.56 Å². The quantitative estimate of drug-likeness (QED) is 0.744. The van der Waals surface area contributed by atoms with Crippen molar-refractivity contribution in [2.24, 2.45) is 11.7 Å². The molecule has 0 aromatic heterocycles. The van der Waals surface area contributed by atoms with Crippen molar-refractivity contribution in [1.82, 2.24) is 0 Å². The van der Waals surface area contributed by atoms with E-state index in [2.05, 4.69) is 0 Å². The van der Waals surface area contributed by atoms with E-state index in [4.69, 9.17) is 19.9 Å². The lowest BCUT2D eigenvalue weighted by Crippen LogP contribution is -2.38. The Hall–Kier alpha value is -1.75. The van der Waals surface area contributed by atoms with Gasteiger partial charge in [-0.15, -0.1) is 0 Å². The number of hydrogen-bond donors (Lipinski definition) is 1. The zero-order valence-corrected chi connectivity index (χ0v) is 13.2. The summed E-state index contributed by atoms with van der Waals surface area (Å²) >= 11 is 0. The van der Waals surface area contributed by atoms with Gasteiger partial charge in [-0.3, -0.25) is 4.79 Å². The van der Waals surface area contributed by atoms with E-state index in [0.29, 0.717) is 30.9 Å². The summed E-state index contributed by atoms with van der Waals surface area (Å²) in [7, 11) is 3.19. The minimum Gasteiger partial charge on any atom is -0.493 e. The predicted molar refractivity (Wildman–Crippen MR) is 81.6 cm³/mol. The fourth-order valence-corrected chi connectivity index (χ4v) is 2.32. The summed E-state index contributed by atoms with van der Waals surface area (Å²) in [4.78, 5) is 11.9. The average molecular weight is 295 g/mol. The predicted octanol–water partition coefficient (Wildman–Crippen LogP) is 2.16. The number of hydrogen-bond acceptors (Lipinski definition) is 5. The molecule has 0 aliphatic heterocycles. The van der Waals surface area contributed by atoms with Gasteiger partial charge in [0.25, 0.3) is 0 Å². The number of esters is 1. The third kappa shape index (κ3) is 4.63. The standard InChI is InChI=1S/C16H25NO4/c1-5-12(16(18)21-6-2)13(17)9-11-7-8-14(19-3)15(10-11)20-4/h7-8,10,12-13H,5-6,9,17H2,1-4H3/t12-,13-/m0/s1. The molecule has 2 atom stereocenters. The molecule has 5 nitrogen and oxygen atoms in total. The zero-order chi connectivity index (χ0) is 15.8. The first kappa shape index (κ1) is 17.3. The molecule has 2 N–H and O–H groups in total. The van der Waals surface area contributed by atoms with Gasteiger partial charge in [-0.05, 0) is 37.5 Å². The van der Waals surface area contributed by atoms with Crippen molar-refractivity contribution in [3.05, 3.63) is 23.8 Å². The maximum absolute atomic E-state index is 11.9. The number of benzene rings is 1. The van der Waals surface area contributed by atoms with Gasteiger partial charge >= 0.3 is 5.97 Å². The van der Waals surface area contributed by atoms with Crippen molar-refractivity contribution in [2.75, 3.05) is 20.8 Å². The van der Waals surface area contributed by atoms with Gasteiger partial charge in [-0.1, -0.05) is 13.0 Å². The second-order valence-corrected chi connectivity index (χ2v) is 4.82. The van der Waals surface area contributed by atoms with E-state index in [1.54, 1.807) is 21.1 Å². The number of carbonyl (C=O) groups excluding carboxylic acids is 1. The lowest BCUT2D eigenvalue weighted by Gasteiger charge is -2.21. The molecule has 0 spiro atoms. The first-order chi connectivity index (χ1) is 10.1. The Kier molecular flexibility index (Phi) is 7.02. The number of nitrogens with two attached hydrogens (primary N) is 1. The summed E-state index contributed by atoms with van der Waals surface area (Å²) in [5, 5.41) is 0. The van der Waals surface area contributed by atoms with Crippen molar-refractivity contribution in [3.63, 3.8) is 0 Å². The summed E-state index contributed by atoms with van der Waals surface area (Å²) in [6.45, 7) is 4.11. The largest absolute Gasteiger partial charge is 0.493 e. The molecule has 0 aliphatic carbocycles. The molecule has 1 aromatic rings. The van der Waals surface area contributed by atoms with Gasteiger partial charge in [0, 0.05) is 6.04 Å². The van der Waals surface area contributed by atoms with Crippen molar-refractivity contribution < 1.29 is 19.0 Å². The van der Waals surface area contributed by atoms with Crippen molar-refractivity contribution in [1.29, 1.82) is 0 Å². The average Bonchev–Trinajstić information content (AvgIpc) is 2.48. The van der Waals surface area contributed by atoms with E-state index in [-0.39, 0.29) is 17.9 Å². The molecule has 1 aromatic carbocycles. The third-order valence-electron chi connectivity index (χ3n) is 3.47. The van der Waals surface area contributed by atoms with Crippen LogP contribution >= 0.6 is 0 Å². The van der Waals surface area contributed by atoms with E-state index >= 15 is 0 Å². The monoisotopic (exact) mass is 295 g/mol. The first-order valence-electron chi connectivity index (χ1n) is 7.20. The van der Waals surface area contributed by atoms with Crippen molar-refractivity contribution in [2.45, 2.75) is 32.7 Å². The van der Waals surface area contributed by atoms with Gasteiger partial charge in [0.1, 0.15) is 0 Å². The van der Waals surface area contributed by atoms with E-state index in [1.807, 2.05) is 25.1 Å². The van der Waals surface area contributed by atoms with Crippen LogP contribution in [0.15, 0.2) is 18.2 Å². The number of carbonyl (C=O) groups is 1. The number of rotatable bonds is 8. The van der Waals surface area contributed by atoms with E-state index < -0.39 is 0 Å². The summed E-state index contributed by atoms with van der Waals surface area (Å²) < 4.78 is 15.5. The van der Waals surface area contributed by atoms with Crippen LogP contribution < -0.4 is 15.2 Å². The highest BCUT2D eigenvalue weighted by Crippen LogP contribution is 2.28. The van der Waals surface area contributed by atoms with E-state index in [9.17, 15) is 4.79 Å². The van der Waals surface area contributed by atoms with Gasteiger partial charge in [-0.25, -0.2) is 0 Å². The molecule has 0 radical (unpaired) electrons. The Bertz CT molecular complexity index is 462. The molecule has 1 rings (SSSR count). The fourth-order valence-electron chi connectivity index (χ4n) is 2.32. The van der Waals surface area contributed by atoms with Gasteiger partial charge in [0.05, 0.1) is 26.7 Å². The van der Waals surface area contributed by atoms with Gasteiger partial charge in [-0.2, -0.15) is 0 Å². The Labute approximate surface area is 126 Å². The summed E-state index contributed by atoms with van der Waals surface area (Å²) in [6, 6.07) is 5.37. The summed E-state index contributed by atoms with van der Waals surface area (Å²) in [5.41, 5.74) is 7.18. The SMILES string of the molecule is CCOC(=O)[C@@H](CC)[C@@H](N)Cc1ccc(OC)c(OC)c1. The Balaban J connectivity index is 2.81. The molecule has 5 heteroatoms. The molecule has 118 valence electrons. The molecule has 0 saturated carbocycles. The number of ether oxygens (including phenoxy) is 3. The van der Waals surface area contributed by atoms with E-state index in [1.165, 1.54) is 0 Å². The van der Waals surface area contributed by atoms with Gasteiger partial charge < -0.3 is 19.9 Å². The molecule has 0 saturated heterocycles. The highest BCUT2D eigenvalue weighted by molar-refractivity contribution is 5.73. The molecule has 0 heterocycles. The van der Waals surface area contributed by atoms with Crippen LogP contribution in [0.3, 0.4) is 0 Å². The lowest BCUT2D eigenvalue weighted by atomic mass is 9.92. The maximum Gasteiger partial charge on any atom is 0.310 e. The molecule has 0 amide bonds. The van der Waals surface area contributed by atoms with Gasteiger partial charge in [0.2, 0.25) is 0 Å². The topological polar surface area (TPSA) is 70.8 Å². The maximum atomic E-state index is 11.9. The minimum atomic E-state index is -0.293. The Morgan fingerprint density at radius 2 is 1.86 bits per heavy atom. The highest BCUT2D eigenvalue weighted by Gasteiger charge is 2.25. The smallest absolute Gasteiger partial charge is 0.310 e. The van der Waals surface area contributed by atoms with Crippen LogP contribution in [0.4, 0.5) is 0 Å². The summed E-state index contributed by atoms with van der Waals surface area (Å²) in [6.07, 6.45) is 1.24. The van der Waals surface area contributed by atoms with Crippen molar-refractivity contribution >= 4 is 5.97 Å².